The van der Waals surface area contributed by atoms with E-state index < -0.39 is 0 Å². The Morgan fingerprint density at radius 2 is 2.00 bits per heavy atom. The summed E-state index contributed by atoms with van der Waals surface area (Å²) in [5, 5.41) is 6.34. The summed E-state index contributed by atoms with van der Waals surface area (Å²) in [6.45, 7) is 2.71. The van der Waals surface area contributed by atoms with E-state index in [0.717, 1.165) is 27.9 Å². The van der Waals surface area contributed by atoms with Crippen LogP contribution in [0.25, 0.3) is 0 Å². The average Bonchev–Trinajstić information content (AvgIpc) is 2.53. The quantitative estimate of drug-likeness (QED) is 0.862. The van der Waals surface area contributed by atoms with Gasteiger partial charge < -0.3 is 15.4 Å². The molecule has 0 saturated carbocycles. The Balaban J connectivity index is 1.95. The van der Waals surface area contributed by atoms with Crippen molar-refractivity contribution < 1.29 is 9.53 Å². The van der Waals surface area contributed by atoms with Gasteiger partial charge in [-0.2, -0.15) is 0 Å². The molecule has 1 aliphatic rings. The number of halogens is 1. The molecule has 2 N–H and O–H groups in total. The van der Waals surface area contributed by atoms with Gasteiger partial charge >= 0.3 is 0 Å². The summed E-state index contributed by atoms with van der Waals surface area (Å²) in [4.78, 5) is 12.3. The van der Waals surface area contributed by atoms with Gasteiger partial charge in [-0.3, -0.25) is 4.79 Å². The minimum absolute atomic E-state index is 0.0826. The lowest BCUT2D eigenvalue weighted by molar-refractivity contribution is 0.0935. The molecule has 0 spiro atoms. The highest BCUT2D eigenvalue weighted by molar-refractivity contribution is 9.10. The summed E-state index contributed by atoms with van der Waals surface area (Å²) in [5.74, 6) is 0.697. The summed E-state index contributed by atoms with van der Waals surface area (Å²) >= 11 is 3.48. The summed E-state index contributed by atoms with van der Waals surface area (Å²) in [7, 11) is 0. The van der Waals surface area contributed by atoms with Gasteiger partial charge in [-0.1, -0.05) is 35.0 Å². The number of nitrogens with one attached hydrogen (secondary N) is 2. The van der Waals surface area contributed by atoms with Crippen molar-refractivity contribution in [3.05, 3.63) is 58.1 Å². The molecular formula is C17H17BrN2O2. The molecule has 1 atom stereocenters. The predicted octanol–water partition coefficient (Wildman–Crippen LogP) is 4.09. The number of para-hydroxylation sites is 1. The molecule has 2 aromatic carbocycles. The topological polar surface area (TPSA) is 50.4 Å². The van der Waals surface area contributed by atoms with Crippen LogP contribution in [-0.4, -0.2) is 12.5 Å². The van der Waals surface area contributed by atoms with Crippen LogP contribution in [0.1, 0.15) is 35.4 Å². The first kappa shape index (κ1) is 14.9. The molecule has 0 aliphatic carbocycles. The standard InChI is InChI=1S/C17H17BrN2O2/c1-2-9-22-15-8-7-11(18)10-13(15)16-19-14-6-4-3-5-12(14)17(21)20-16/h3-8,10,16,19H,2,9H2,1H3,(H,20,21). The van der Waals surface area contributed by atoms with Crippen molar-refractivity contribution in [1.29, 1.82) is 0 Å². The van der Waals surface area contributed by atoms with Crippen LogP contribution in [-0.2, 0) is 0 Å². The number of benzene rings is 2. The average molecular weight is 361 g/mol. The number of amides is 1. The molecule has 1 aliphatic heterocycles. The van der Waals surface area contributed by atoms with Crippen molar-refractivity contribution in [1.82, 2.24) is 5.32 Å². The third-order valence-electron chi connectivity index (χ3n) is 3.49. The van der Waals surface area contributed by atoms with Crippen molar-refractivity contribution in [3.8, 4) is 5.75 Å². The maximum Gasteiger partial charge on any atom is 0.255 e. The number of carbonyl (C=O) groups is 1. The van der Waals surface area contributed by atoms with Gasteiger partial charge in [0.1, 0.15) is 11.9 Å². The Kier molecular flexibility index (Phi) is 4.34. The maximum atomic E-state index is 12.3. The van der Waals surface area contributed by atoms with Crippen molar-refractivity contribution in [2.24, 2.45) is 0 Å². The van der Waals surface area contributed by atoms with Gasteiger partial charge in [-0.25, -0.2) is 0 Å². The normalized spacial score (nSPS) is 16.5. The molecule has 4 nitrogen and oxygen atoms in total. The molecular weight excluding hydrogens is 344 g/mol. The van der Waals surface area contributed by atoms with Gasteiger partial charge in [-0.15, -0.1) is 0 Å². The van der Waals surface area contributed by atoms with Gasteiger partial charge in [0.15, 0.2) is 0 Å². The second-order valence-electron chi connectivity index (χ2n) is 5.13. The minimum atomic E-state index is -0.313. The number of ether oxygens (including phenoxy) is 1. The van der Waals surface area contributed by atoms with E-state index in [2.05, 4.69) is 33.5 Å². The van der Waals surface area contributed by atoms with Crippen molar-refractivity contribution in [3.63, 3.8) is 0 Å². The Morgan fingerprint density at radius 3 is 2.82 bits per heavy atom. The number of carbonyl (C=O) groups excluding carboxylic acids is 1. The van der Waals surface area contributed by atoms with Crippen molar-refractivity contribution >= 4 is 27.5 Å². The van der Waals surface area contributed by atoms with Crippen LogP contribution in [0.15, 0.2) is 46.9 Å². The maximum absolute atomic E-state index is 12.3. The largest absolute Gasteiger partial charge is 0.493 e. The predicted molar refractivity (Wildman–Crippen MR) is 90.2 cm³/mol. The molecule has 0 aromatic heterocycles. The number of hydrogen-bond acceptors (Lipinski definition) is 3. The number of hydrogen-bond donors (Lipinski definition) is 2. The number of fused-ring (bicyclic) bond motifs is 1. The zero-order valence-corrected chi connectivity index (χ0v) is 13.8. The molecule has 0 radical (unpaired) electrons. The highest BCUT2D eigenvalue weighted by Crippen LogP contribution is 2.33. The van der Waals surface area contributed by atoms with Crippen molar-refractivity contribution in [2.45, 2.75) is 19.5 Å². The van der Waals surface area contributed by atoms with Crippen LogP contribution in [0.2, 0.25) is 0 Å². The zero-order chi connectivity index (χ0) is 15.5. The molecule has 0 saturated heterocycles. The van der Waals surface area contributed by atoms with E-state index >= 15 is 0 Å². The van der Waals surface area contributed by atoms with Gasteiger partial charge in [0.2, 0.25) is 0 Å². The third-order valence-corrected chi connectivity index (χ3v) is 3.98. The Bertz CT molecular complexity index is 703. The van der Waals surface area contributed by atoms with E-state index in [-0.39, 0.29) is 12.1 Å². The van der Waals surface area contributed by atoms with E-state index in [0.29, 0.717) is 12.2 Å². The van der Waals surface area contributed by atoms with E-state index in [1.165, 1.54) is 0 Å². The van der Waals surface area contributed by atoms with Crippen LogP contribution in [0, 0.1) is 0 Å². The second-order valence-corrected chi connectivity index (χ2v) is 6.04. The fourth-order valence-corrected chi connectivity index (χ4v) is 2.83. The van der Waals surface area contributed by atoms with E-state index in [1.54, 1.807) is 0 Å². The first-order valence-corrected chi connectivity index (χ1v) is 8.07. The van der Waals surface area contributed by atoms with Gasteiger partial charge in [-0.05, 0) is 36.8 Å². The molecule has 1 amide bonds. The van der Waals surface area contributed by atoms with Crippen LogP contribution < -0.4 is 15.4 Å². The minimum Gasteiger partial charge on any atom is -0.493 e. The van der Waals surface area contributed by atoms with E-state index in [1.807, 2.05) is 42.5 Å². The van der Waals surface area contributed by atoms with Gasteiger partial charge in [0.05, 0.1) is 12.2 Å². The molecule has 3 rings (SSSR count). The van der Waals surface area contributed by atoms with Crippen LogP contribution in [0.3, 0.4) is 0 Å². The smallest absolute Gasteiger partial charge is 0.255 e. The fraction of sp³-hybridized carbons (Fsp3) is 0.235. The highest BCUT2D eigenvalue weighted by Gasteiger charge is 2.26. The lowest BCUT2D eigenvalue weighted by Crippen LogP contribution is -2.38. The monoisotopic (exact) mass is 360 g/mol. The SMILES string of the molecule is CCCOc1ccc(Br)cc1C1NC(=O)c2ccccc2N1. The fourth-order valence-electron chi connectivity index (χ4n) is 2.45. The first-order chi connectivity index (χ1) is 10.7. The summed E-state index contributed by atoms with van der Waals surface area (Å²) in [5.41, 5.74) is 2.40. The molecule has 2 aromatic rings. The molecule has 1 heterocycles. The molecule has 0 fully saturated rings. The number of anilines is 1. The van der Waals surface area contributed by atoms with Crippen LogP contribution >= 0.6 is 15.9 Å². The summed E-state index contributed by atoms with van der Waals surface area (Å²) in [6, 6.07) is 13.3. The number of rotatable bonds is 4. The molecule has 1 unspecified atom stereocenters. The van der Waals surface area contributed by atoms with E-state index in [9.17, 15) is 4.79 Å². The van der Waals surface area contributed by atoms with Gasteiger partial charge in [0, 0.05) is 15.7 Å². The Morgan fingerprint density at radius 1 is 1.18 bits per heavy atom. The van der Waals surface area contributed by atoms with Gasteiger partial charge in [0.25, 0.3) is 5.91 Å². The second kappa shape index (κ2) is 6.40. The lowest BCUT2D eigenvalue weighted by Gasteiger charge is -2.29. The first-order valence-electron chi connectivity index (χ1n) is 7.27. The van der Waals surface area contributed by atoms with Crippen molar-refractivity contribution in [2.75, 3.05) is 11.9 Å². The zero-order valence-electron chi connectivity index (χ0n) is 12.2. The van der Waals surface area contributed by atoms with Crippen LogP contribution in [0.4, 0.5) is 5.69 Å². The molecule has 5 heteroatoms. The summed E-state index contributed by atoms with van der Waals surface area (Å²) in [6.07, 6.45) is 0.620. The third kappa shape index (κ3) is 2.95. The molecule has 22 heavy (non-hydrogen) atoms. The Labute approximate surface area is 138 Å². The highest BCUT2D eigenvalue weighted by atomic mass is 79.9. The van der Waals surface area contributed by atoms with E-state index in [4.69, 9.17) is 4.74 Å². The molecule has 114 valence electrons. The Hall–Kier alpha value is -2.01. The van der Waals surface area contributed by atoms with Crippen LogP contribution in [0.5, 0.6) is 5.75 Å². The summed E-state index contributed by atoms with van der Waals surface area (Å²) < 4.78 is 6.75. The lowest BCUT2D eigenvalue weighted by atomic mass is 10.1. The molecule has 0 bridgehead atoms.